The number of aryl methyl sites for hydroxylation is 3. The molecule has 0 unspecified atom stereocenters. The summed E-state index contributed by atoms with van der Waals surface area (Å²) in [6, 6.07) is 0. The van der Waals surface area contributed by atoms with Crippen molar-refractivity contribution in [3.05, 3.63) is 29.8 Å². The Labute approximate surface area is 112 Å². The molecule has 3 rings (SSSR count). The number of hydrogen-bond acceptors (Lipinski definition) is 4. The van der Waals surface area contributed by atoms with Crippen molar-refractivity contribution in [3.63, 3.8) is 0 Å². The predicted molar refractivity (Wildman–Crippen MR) is 71.4 cm³/mol. The molecule has 0 bridgehead atoms. The first-order chi connectivity index (χ1) is 9.29. The first-order valence-corrected chi connectivity index (χ1v) is 6.87. The van der Waals surface area contributed by atoms with Gasteiger partial charge in [-0.2, -0.15) is 5.10 Å². The highest BCUT2D eigenvalue weighted by molar-refractivity contribution is 5.03. The van der Waals surface area contributed by atoms with Gasteiger partial charge < -0.3 is 5.32 Å². The summed E-state index contributed by atoms with van der Waals surface area (Å²) >= 11 is 0. The number of hydrogen-bond donors (Lipinski definition) is 1. The maximum absolute atomic E-state index is 4.18. The molecule has 0 aromatic carbocycles. The van der Waals surface area contributed by atoms with Gasteiger partial charge in [-0.15, -0.1) is 5.10 Å². The van der Waals surface area contributed by atoms with E-state index in [2.05, 4.69) is 20.7 Å². The lowest BCUT2D eigenvalue weighted by atomic mass is 10.2. The minimum atomic E-state index is 0.823. The summed E-state index contributed by atoms with van der Waals surface area (Å²) in [5.74, 6) is 0.903. The van der Waals surface area contributed by atoms with Crippen molar-refractivity contribution in [1.82, 2.24) is 30.1 Å². The van der Waals surface area contributed by atoms with Crippen molar-refractivity contribution in [3.8, 4) is 0 Å². The number of aromatic nitrogens is 5. The summed E-state index contributed by atoms with van der Waals surface area (Å²) in [6.07, 6.45) is 9.65. The summed E-state index contributed by atoms with van der Waals surface area (Å²) in [7, 11) is 1.93. The van der Waals surface area contributed by atoms with E-state index < -0.39 is 0 Å². The molecule has 1 saturated carbocycles. The predicted octanol–water partition coefficient (Wildman–Crippen LogP) is 0.754. The Kier molecular flexibility index (Phi) is 3.59. The highest BCUT2D eigenvalue weighted by Gasteiger charge is 2.20. The van der Waals surface area contributed by atoms with E-state index in [-0.39, 0.29) is 0 Å². The van der Waals surface area contributed by atoms with E-state index in [1.54, 1.807) is 0 Å². The van der Waals surface area contributed by atoms with Crippen LogP contribution in [-0.2, 0) is 26.6 Å². The van der Waals surface area contributed by atoms with Crippen molar-refractivity contribution >= 4 is 0 Å². The van der Waals surface area contributed by atoms with Crippen LogP contribution in [0.15, 0.2) is 18.6 Å². The molecule has 0 saturated heterocycles. The largest absolute Gasteiger partial charge is 0.311 e. The highest BCUT2D eigenvalue weighted by Crippen LogP contribution is 2.27. The molecular formula is C13H20N6. The van der Waals surface area contributed by atoms with E-state index in [1.807, 2.05) is 35.0 Å². The molecule has 0 aliphatic heterocycles. The standard InChI is InChI=1S/C13H20N6/c1-18-9-12(7-15-18)4-5-19-10-13(16-17-19)8-14-6-11-2-3-11/h7,9-11,14H,2-6,8H2,1H3. The molecule has 1 N–H and O–H groups in total. The van der Waals surface area contributed by atoms with Gasteiger partial charge in [-0.25, -0.2) is 0 Å². The van der Waals surface area contributed by atoms with Crippen LogP contribution in [0.5, 0.6) is 0 Å². The minimum absolute atomic E-state index is 0.823. The zero-order chi connectivity index (χ0) is 13.1. The van der Waals surface area contributed by atoms with Gasteiger partial charge in [-0.1, -0.05) is 5.21 Å². The molecule has 0 spiro atoms. The van der Waals surface area contributed by atoms with E-state index in [4.69, 9.17) is 0 Å². The van der Waals surface area contributed by atoms with Gasteiger partial charge in [0.05, 0.1) is 11.9 Å². The van der Waals surface area contributed by atoms with Crippen LogP contribution in [-0.4, -0.2) is 31.3 Å². The third-order valence-corrected chi connectivity index (χ3v) is 3.41. The highest BCUT2D eigenvalue weighted by atomic mass is 15.4. The molecule has 0 amide bonds. The van der Waals surface area contributed by atoms with Crippen LogP contribution in [0, 0.1) is 5.92 Å². The van der Waals surface area contributed by atoms with E-state index in [9.17, 15) is 0 Å². The summed E-state index contributed by atoms with van der Waals surface area (Å²) in [5.41, 5.74) is 2.25. The smallest absolute Gasteiger partial charge is 0.0964 e. The van der Waals surface area contributed by atoms with Crippen molar-refractivity contribution in [1.29, 1.82) is 0 Å². The molecule has 1 fully saturated rings. The first kappa shape index (κ1) is 12.3. The monoisotopic (exact) mass is 260 g/mol. The lowest BCUT2D eigenvalue weighted by Gasteiger charge is -1.99. The van der Waals surface area contributed by atoms with Crippen molar-refractivity contribution in [2.75, 3.05) is 6.54 Å². The molecule has 1 aliphatic carbocycles. The van der Waals surface area contributed by atoms with Gasteiger partial charge in [0.1, 0.15) is 0 Å². The molecule has 2 aromatic heterocycles. The van der Waals surface area contributed by atoms with Gasteiger partial charge in [0.15, 0.2) is 0 Å². The SMILES string of the molecule is Cn1cc(CCn2cc(CNCC3CC3)nn2)cn1. The van der Waals surface area contributed by atoms with Crippen LogP contribution >= 0.6 is 0 Å². The van der Waals surface area contributed by atoms with Gasteiger partial charge in [-0.05, 0) is 37.3 Å². The molecular weight excluding hydrogens is 240 g/mol. The molecule has 2 heterocycles. The molecule has 19 heavy (non-hydrogen) atoms. The normalized spacial score (nSPS) is 15.0. The van der Waals surface area contributed by atoms with Gasteiger partial charge in [0.25, 0.3) is 0 Å². The molecule has 0 atom stereocenters. The fraction of sp³-hybridized carbons (Fsp3) is 0.615. The third kappa shape index (κ3) is 3.64. The fourth-order valence-electron chi connectivity index (χ4n) is 2.10. The first-order valence-electron chi connectivity index (χ1n) is 6.87. The number of rotatable bonds is 7. The average molecular weight is 260 g/mol. The maximum Gasteiger partial charge on any atom is 0.0964 e. The maximum atomic E-state index is 4.18. The Hall–Kier alpha value is -1.69. The molecule has 1 aliphatic rings. The number of nitrogens with zero attached hydrogens (tertiary/aromatic N) is 5. The lowest BCUT2D eigenvalue weighted by molar-refractivity contribution is 0.588. The second-order valence-corrected chi connectivity index (χ2v) is 5.32. The average Bonchev–Trinajstić information content (AvgIpc) is 2.95. The zero-order valence-corrected chi connectivity index (χ0v) is 11.3. The van der Waals surface area contributed by atoms with Gasteiger partial charge in [-0.3, -0.25) is 9.36 Å². The van der Waals surface area contributed by atoms with E-state index in [1.165, 1.54) is 18.4 Å². The summed E-state index contributed by atoms with van der Waals surface area (Å²) in [5, 5.41) is 15.9. The van der Waals surface area contributed by atoms with Gasteiger partial charge in [0.2, 0.25) is 0 Å². The zero-order valence-electron chi connectivity index (χ0n) is 11.3. The summed E-state index contributed by atoms with van der Waals surface area (Å²) < 4.78 is 3.73. The van der Waals surface area contributed by atoms with Crippen molar-refractivity contribution in [2.45, 2.75) is 32.4 Å². The topological polar surface area (TPSA) is 60.6 Å². The van der Waals surface area contributed by atoms with Gasteiger partial charge >= 0.3 is 0 Å². The quantitative estimate of drug-likeness (QED) is 0.798. The van der Waals surface area contributed by atoms with Crippen molar-refractivity contribution < 1.29 is 0 Å². The molecule has 102 valence electrons. The summed E-state index contributed by atoms with van der Waals surface area (Å²) in [6.45, 7) is 2.78. The van der Waals surface area contributed by atoms with Crippen LogP contribution in [0.25, 0.3) is 0 Å². The minimum Gasteiger partial charge on any atom is -0.311 e. The molecule has 6 nitrogen and oxygen atoms in total. The lowest BCUT2D eigenvalue weighted by Crippen LogP contribution is -2.16. The Morgan fingerprint density at radius 1 is 1.37 bits per heavy atom. The van der Waals surface area contributed by atoms with Crippen LogP contribution in [0.2, 0.25) is 0 Å². The van der Waals surface area contributed by atoms with E-state index in [0.29, 0.717) is 0 Å². The molecule has 0 radical (unpaired) electrons. The van der Waals surface area contributed by atoms with Gasteiger partial charge in [0, 0.05) is 32.5 Å². The van der Waals surface area contributed by atoms with Crippen molar-refractivity contribution in [2.24, 2.45) is 13.0 Å². The second-order valence-electron chi connectivity index (χ2n) is 5.32. The molecule has 2 aromatic rings. The van der Waals surface area contributed by atoms with Crippen LogP contribution in [0.3, 0.4) is 0 Å². The van der Waals surface area contributed by atoms with Crippen LogP contribution < -0.4 is 5.32 Å². The molecule has 6 heteroatoms. The fourth-order valence-corrected chi connectivity index (χ4v) is 2.10. The summed E-state index contributed by atoms with van der Waals surface area (Å²) in [4.78, 5) is 0. The Balaban J connectivity index is 1.44. The van der Waals surface area contributed by atoms with Crippen LogP contribution in [0.1, 0.15) is 24.1 Å². The van der Waals surface area contributed by atoms with E-state index in [0.717, 1.165) is 37.7 Å². The third-order valence-electron chi connectivity index (χ3n) is 3.41. The second kappa shape index (κ2) is 5.52. The Bertz CT molecular complexity index is 525. The Morgan fingerprint density at radius 2 is 2.26 bits per heavy atom. The number of nitrogens with one attached hydrogen (secondary N) is 1. The van der Waals surface area contributed by atoms with Crippen LogP contribution in [0.4, 0.5) is 0 Å². The van der Waals surface area contributed by atoms with E-state index >= 15 is 0 Å². The Morgan fingerprint density at radius 3 is 3.00 bits per heavy atom.